The van der Waals surface area contributed by atoms with Crippen LogP contribution >= 0.6 is 70.6 Å². The summed E-state index contributed by atoms with van der Waals surface area (Å²) >= 11 is 12.6. The van der Waals surface area contributed by atoms with E-state index in [0.29, 0.717) is 84.2 Å². The SMILES string of the molecule is CC1CCC(C)C(=O)C1.CC1CCC(C)C(=O)C1.CC1CCC(C)C(=O)O1.CC1CCC(C)C(=O)O1.CC1CCC(C)OC1.CC1CCC(C)OC1.CC1CCC(C)SC1.CC1CCC(C)SC1.CC1CCC(C)[SiH2]C1.CC1CCC(C)[SiH2]C1.CC1COC(C)OC1.CC1COC(C)OC1.CC1CSC(C)SC1.CC1CSC(C)SC1.Cc1ccc2c(c1)OCC(C)C2. The molecule has 0 spiro atoms. The number of carbonyl (C=O) groups excluding carboxylic acids is 4. The maximum atomic E-state index is 11.0. The van der Waals surface area contributed by atoms with Gasteiger partial charge in [0.2, 0.25) is 0 Å². The molecule has 15 aliphatic rings. The molecule has 128 heavy (non-hydrogen) atoms. The van der Waals surface area contributed by atoms with Gasteiger partial charge in [-0.1, -0.05) is 206 Å². The van der Waals surface area contributed by atoms with Crippen molar-refractivity contribution in [1.29, 1.82) is 0 Å². The molecule has 13 heterocycles. The van der Waals surface area contributed by atoms with Gasteiger partial charge in [0.1, 0.15) is 17.3 Å². The molecule has 14 fully saturated rings. The molecule has 2 saturated carbocycles. The van der Waals surface area contributed by atoms with Gasteiger partial charge in [-0.3, -0.25) is 19.2 Å². The highest BCUT2D eigenvalue weighted by Crippen LogP contribution is 2.36. The summed E-state index contributed by atoms with van der Waals surface area (Å²) < 4.78 is 48.7. The fourth-order valence-electron chi connectivity index (χ4n) is 16.0. The molecule has 1 aromatic rings. The number of esters is 2. The van der Waals surface area contributed by atoms with Gasteiger partial charge in [-0.05, 0) is 288 Å². The molecule has 21 unspecified atom stereocenters. The molecule has 1 aromatic carbocycles. The van der Waals surface area contributed by atoms with E-state index in [1.54, 1.807) is 12.1 Å². The van der Waals surface area contributed by atoms with E-state index in [1.807, 2.05) is 55.4 Å². The van der Waals surface area contributed by atoms with E-state index < -0.39 is 0 Å². The molecule has 13 nitrogen and oxygen atoms in total. The second-order valence-electron chi connectivity index (χ2n) is 43.1. The third kappa shape index (κ3) is 64.7. The zero-order chi connectivity index (χ0) is 95.8. The number of fused-ring (bicyclic) bond motifs is 1. The number of hydrogen-bond donors (Lipinski definition) is 0. The number of aryl methyl sites for hydroxylation is 1. The molecular weight excluding hydrogens is 1740 g/mol. The molecule has 0 bridgehead atoms. The normalized spacial score (nSPS) is 37.5. The van der Waals surface area contributed by atoms with Crippen molar-refractivity contribution in [3.8, 4) is 5.75 Å². The summed E-state index contributed by atoms with van der Waals surface area (Å²) in [6.07, 6.45) is 30.0. The zero-order valence-corrected chi connectivity index (χ0v) is 95.7. The van der Waals surface area contributed by atoms with Crippen LogP contribution in [-0.2, 0) is 63.5 Å². The van der Waals surface area contributed by atoms with Crippen LogP contribution in [0.25, 0.3) is 0 Å². The average Bonchev–Trinajstić information content (AvgIpc) is 0.836. The lowest BCUT2D eigenvalue weighted by Crippen LogP contribution is -2.27. The van der Waals surface area contributed by atoms with Crippen molar-refractivity contribution in [2.75, 3.05) is 80.8 Å². The number of thioether (sulfide) groups is 6. The number of Topliss-reactive ketones (excluding diaryl/α,β-unsaturated/α-hetero) is 2. The minimum atomic E-state index is -0.0336. The van der Waals surface area contributed by atoms with Gasteiger partial charge in [-0.2, -0.15) is 23.5 Å². The lowest BCUT2D eigenvalue weighted by molar-refractivity contribution is -0.187. The molecule has 752 valence electrons. The minimum absolute atomic E-state index is 0.0196. The lowest BCUT2D eigenvalue weighted by atomic mass is 9.83. The van der Waals surface area contributed by atoms with Crippen LogP contribution in [-0.4, -0.2) is 180 Å². The van der Waals surface area contributed by atoms with Gasteiger partial charge in [0, 0.05) is 88.4 Å². The minimum Gasteiger partial charge on any atom is -0.493 e. The van der Waals surface area contributed by atoms with Crippen molar-refractivity contribution < 1.29 is 61.8 Å². The van der Waals surface area contributed by atoms with E-state index in [-0.39, 0.29) is 48.6 Å². The molecular formula is C107H202O13S6Si2. The van der Waals surface area contributed by atoms with Crippen molar-refractivity contribution in [1.82, 2.24) is 0 Å². The third-order valence-electron chi connectivity index (χ3n) is 26.6. The van der Waals surface area contributed by atoms with Crippen LogP contribution in [0.3, 0.4) is 0 Å². The van der Waals surface area contributed by atoms with Gasteiger partial charge in [-0.25, -0.2) is 0 Å². The fourth-order valence-corrected chi connectivity index (χ4v) is 27.0. The number of carbonyl (C=O) groups is 4. The van der Waals surface area contributed by atoms with Crippen LogP contribution < -0.4 is 4.74 Å². The van der Waals surface area contributed by atoms with Crippen molar-refractivity contribution in [2.45, 2.75) is 435 Å². The van der Waals surface area contributed by atoms with Crippen LogP contribution in [0.5, 0.6) is 5.75 Å². The molecule has 0 amide bonds. The number of cyclic esters (lactones) is 2. The predicted octanol–water partition coefficient (Wildman–Crippen LogP) is 28.6. The molecule has 21 atom stereocenters. The highest BCUT2D eigenvalue weighted by Gasteiger charge is 2.28. The number of benzene rings is 1. The third-order valence-corrected chi connectivity index (χ3v) is 41.7. The molecule has 13 aliphatic heterocycles. The molecule has 0 aromatic heterocycles. The Hall–Kier alpha value is -0.406. The Morgan fingerprint density at radius 3 is 0.859 bits per heavy atom. The van der Waals surface area contributed by atoms with Crippen molar-refractivity contribution in [2.24, 2.45) is 101 Å². The van der Waals surface area contributed by atoms with Gasteiger partial charge >= 0.3 is 11.9 Å². The molecule has 16 rings (SSSR count). The fraction of sp³-hybridized carbons (Fsp3) is 0.907. The Labute approximate surface area is 820 Å². The zero-order valence-electron chi connectivity index (χ0n) is 88.0. The Kier molecular flexibility index (Phi) is 70.4. The highest BCUT2D eigenvalue weighted by atomic mass is 32.2. The van der Waals surface area contributed by atoms with Gasteiger partial charge in [-0.15, -0.1) is 47.0 Å². The molecule has 0 radical (unpaired) electrons. The highest BCUT2D eigenvalue weighted by molar-refractivity contribution is 8.17. The van der Waals surface area contributed by atoms with Crippen molar-refractivity contribution in [3.05, 3.63) is 29.3 Å². The quantitative estimate of drug-likeness (QED) is 0.179. The Balaban J connectivity index is 0.000000465. The second kappa shape index (κ2) is 72.8. The van der Waals surface area contributed by atoms with Crippen LogP contribution in [0, 0.1) is 108 Å². The van der Waals surface area contributed by atoms with E-state index in [4.69, 9.17) is 42.6 Å². The van der Waals surface area contributed by atoms with E-state index in [9.17, 15) is 19.2 Å². The van der Waals surface area contributed by atoms with Crippen molar-refractivity contribution in [3.63, 3.8) is 0 Å². The summed E-state index contributed by atoms with van der Waals surface area (Å²) in [7, 11) is 0.771. The molecule has 2 aliphatic carbocycles. The largest absolute Gasteiger partial charge is 0.493 e. The van der Waals surface area contributed by atoms with E-state index in [0.717, 1.165) is 188 Å². The number of ketones is 2. The molecule has 21 heteroatoms. The first-order valence-corrected chi connectivity index (χ1v) is 61.9. The summed E-state index contributed by atoms with van der Waals surface area (Å²) in [5.74, 6) is 21.9. The maximum absolute atomic E-state index is 11.0. The van der Waals surface area contributed by atoms with Crippen LogP contribution in [0.1, 0.15) is 353 Å². The first-order valence-electron chi connectivity index (χ1n) is 52.0. The first-order chi connectivity index (χ1) is 60.4. The smallest absolute Gasteiger partial charge is 0.308 e. The summed E-state index contributed by atoms with van der Waals surface area (Å²) in [6.45, 7) is 71.7. The maximum Gasteiger partial charge on any atom is 0.308 e. The summed E-state index contributed by atoms with van der Waals surface area (Å²) in [6, 6.07) is 9.68. The Morgan fingerprint density at radius 2 is 0.602 bits per heavy atom. The van der Waals surface area contributed by atoms with Crippen LogP contribution in [0.2, 0.25) is 23.2 Å². The topological polar surface area (TPSA) is 151 Å². The van der Waals surface area contributed by atoms with Gasteiger partial charge in [0.15, 0.2) is 12.6 Å². The lowest BCUT2D eigenvalue weighted by Gasteiger charge is -2.24. The second-order valence-corrected chi connectivity index (χ2v) is 57.2. The molecule has 0 N–H and O–H groups in total. The van der Waals surface area contributed by atoms with Crippen molar-refractivity contribution >= 4 is 113 Å². The van der Waals surface area contributed by atoms with Gasteiger partial charge in [0.25, 0.3) is 0 Å². The number of hydrogen-bond acceptors (Lipinski definition) is 19. The number of rotatable bonds is 0. The first kappa shape index (κ1) is 124. The van der Waals surface area contributed by atoms with E-state index in [2.05, 4.69) is 241 Å². The summed E-state index contributed by atoms with van der Waals surface area (Å²) in [4.78, 5) is 43.6. The Morgan fingerprint density at radius 1 is 0.281 bits per heavy atom. The van der Waals surface area contributed by atoms with E-state index in [1.165, 1.54) is 136 Å². The average molecular weight is 1950 g/mol. The summed E-state index contributed by atoms with van der Waals surface area (Å²) in [5.41, 5.74) is 4.96. The predicted molar refractivity (Wildman–Crippen MR) is 571 cm³/mol. The monoisotopic (exact) mass is 1940 g/mol. The van der Waals surface area contributed by atoms with Gasteiger partial charge < -0.3 is 42.6 Å². The molecule has 12 saturated heterocycles. The Bertz CT molecular complexity index is 2330. The number of ether oxygens (including phenoxy) is 9. The standard InChI is InChI=1S/C11H14O.2C8H14O.2C7H12O2.2C7H14O.2C7H14S.2C7H16Si.2C6H12O2.2C6H12S2/c1-8-3-4-10-5-9(2)7-12-11(10)6-8;2*1-6-3-4-7(2)8(9)5-6;2*1-5-3-4-6(2)9-7(5)8;6*1-6-3-4-7(2)8-5-6;4*1-5-3-7-6(2)8-4-5/h3-4,6,9H,5,7H2,1-2H3;2*6-7H,3-5H2,1-2H3;2*5-6H,3-4H2,1-2H3;4*6-7H,3-5H2,1-2H3;2*6-7H,3-5,8H2,1-2H3;4*5-6H,3-4H2,1-2H3. The van der Waals surface area contributed by atoms with E-state index >= 15 is 0 Å². The summed E-state index contributed by atoms with van der Waals surface area (Å²) in [5, 5.41) is 1.87. The van der Waals surface area contributed by atoms with Crippen LogP contribution in [0.4, 0.5) is 0 Å². The van der Waals surface area contributed by atoms with Gasteiger partial charge in [0.05, 0.1) is 69.3 Å². The van der Waals surface area contributed by atoms with Crippen LogP contribution in [0.15, 0.2) is 18.2 Å².